The third kappa shape index (κ3) is 3.51. The van der Waals surface area contributed by atoms with Gasteiger partial charge >= 0.3 is 6.01 Å². The first kappa shape index (κ1) is 17.8. The molecule has 136 valence electrons. The predicted octanol–water partition coefficient (Wildman–Crippen LogP) is 2.40. The Kier molecular flexibility index (Phi) is 4.88. The molecule has 0 aliphatic carbocycles. The molecule has 1 N–H and O–H groups in total. The highest BCUT2D eigenvalue weighted by Gasteiger charge is 2.35. The minimum atomic E-state index is -0.412. The molecule has 0 saturated carbocycles. The smallest absolute Gasteiger partial charge is 0.316 e. The third-order valence-corrected chi connectivity index (χ3v) is 4.52. The van der Waals surface area contributed by atoms with Gasteiger partial charge in [0.25, 0.3) is 0 Å². The molecule has 0 radical (unpaired) electrons. The minimum absolute atomic E-state index is 0.0478. The molecule has 1 fully saturated rings. The van der Waals surface area contributed by atoms with Gasteiger partial charge in [-0.15, -0.1) is 0 Å². The van der Waals surface area contributed by atoms with Crippen LogP contribution < -0.4 is 15.0 Å². The lowest BCUT2D eigenvalue weighted by Crippen LogP contribution is -2.28. The summed E-state index contributed by atoms with van der Waals surface area (Å²) in [5.41, 5.74) is 3.76. The van der Waals surface area contributed by atoms with Crippen molar-refractivity contribution >= 4 is 23.2 Å². The molecule has 0 bridgehead atoms. The van der Waals surface area contributed by atoms with Crippen LogP contribution in [0.4, 0.5) is 11.4 Å². The summed E-state index contributed by atoms with van der Waals surface area (Å²) < 4.78 is 5.03. The highest BCUT2D eigenvalue weighted by molar-refractivity contribution is 6.03. The maximum Gasteiger partial charge on any atom is 0.316 e. The second-order valence-electron chi connectivity index (χ2n) is 6.49. The van der Waals surface area contributed by atoms with Gasteiger partial charge < -0.3 is 15.0 Å². The summed E-state index contributed by atoms with van der Waals surface area (Å²) in [5, 5.41) is 2.88. The highest BCUT2D eigenvalue weighted by Crippen LogP contribution is 2.27. The van der Waals surface area contributed by atoms with E-state index in [4.69, 9.17) is 4.74 Å². The van der Waals surface area contributed by atoms with Crippen LogP contribution in [0.5, 0.6) is 6.01 Å². The fourth-order valence-corrected chi connectivity index (χ4v) is 3.04. The first-order chi connectivity index (χ1) is 12.4. The molecular weight excluding hydrogens is 332 g/mol. The Morgan fingerprint density at radius 1 is 1.15 bits per heavy atom. The van der Waals surface area contributed by atoms with Gasteiger partial charge in [-0.05, 0) is 32.9 Å². The molecule has 1 aromatic carbocycles. The van der Waals surface area contributed by atoms with Crippen LogP contribution in [0.3, 0.4) is 0 Å². The number of methoxy groups -OCH3 is 1. The second-order valence-corrected chi connectivity index (χ2v) is 6.49. The average Bonchev–Trinajstić information content (AvgIpc) is 3.00. The molecular formula is C19H22N4O3. The average molecular weight is 354 g/mol. The van der Waals surface area contributed by atoms with Gasteiger partial charge in [0.15, 0.2) is 0 Å². The molecule has 1 aromatic heterocycles. The number of carbonyl (C=O) groups is 2. The van der Waals surface area contributed by atoms with Crippen LogP contribution in [-0.2, 0) is 9.59 Å². The molecule has 2 amide bonds. The lowest BCUT2D eigenvalue weighted by molar-refractivity contribution is -0.122. The van der Waals surface area contributed by atoms with Gasteiger partial charge in [0.1, 0.15) is 0 Å². The van der Waals surface area contributed by atoms with Crippen LogP contribution in [0.25, 0.3) is 0 Å². The minimum Gasteiger partial charge on any atom is -0.467 e. The van der Waals surface area contributed by atoms with Crippen molar-refractivity contribution in [2.75, 3.05) is 23.9 Å². The molecule has 1 aliphatic heterocycles. The summed E-state index contributed by atoms with van der Waals surface area (Å²) in [5.74, 6) is -0.661. The van der Waals surface area contributed by atoms with Crippen molar-refractivity contribution in [3.63, 3.8) is 0 Å². The number of anilines is 2. The molecule has 3 rings (SSSR count). The molecule has 2 aromatic rings. The number of ether oxygens (including phenoxy) is 1. The lowest BCUT2D eigenvalue weighted by atomic mass is 10.1. The van der Waals surface area contributed by atoms with Crippen LogP contribution >= 0.6 is 0 Å². The zero-order valence-corrected chi connectivity index (χ0v) is 15.4. The largest absolute Gasteiger partial charge is 0.467 e. The maximum atomic E-state index is 12.7. The monoisotopic (exact) mass is 354 g/mol. The van der Waals surface area contributed by atoms with Crippen molar-refractivity contribution in [1.82, 2.24) is 9.97 Å². The van der Waals surface area contributed by atoms with Gasteiger partial charge in [-0.3, -0.25) is 9.59 Å². The topological polar surface area (TPSA) is 84.4 Å². The van der Waals surface area contributed by atoms with Crippen molar-refractivity contribution in [3.8, 4) is 6.01 Å². The normalized spacial score (nSPS) is 16.7. The van der Waals surface area contributed by atoms with Crippen LogP contribution in [-0.4, -0.2) is 35.4 Å². The van der Waals surface area contributed by atoms with Crippen LogP contribution in [0, 0.1) is 26.7 Å². The van der Waals surface area contributed by atoms with Gasteiger partial charge in [0, 0.05) is 18.7 Å². The number of aromatic nitrogens is 2. The Morgan fingerprint density at radius 2 is 1.77 bits per heavy atom. The summed E-state index contributed by atoms with van der Waals surface area (Å²) >= 11 is 0. The summed E-state index contributed by atoms with van der Waals surface area (Å²) in [4.78, 5) is 35.1. The lowest BCUT2D eigenvalue weighted by Gasteiger charge is -2.17. The van der Waals surface area contributed by atoms with Crippen molar-refractivity contribution in [2.24, 2.45) is 5.92 Å². The molecule has 1 aliphatic rings. The van der Waals surface area contributed by atoms with Gasteiger partial charge in [-0.2, -0.15) is 9.97 Å². The summed E-state index contributed by atoms with van der Waals surface area (Å²) in [6, 6.07) is 7.98. The van der Waals surface area contributed by atoms with Gasteiger partial charge in [-0.1, -0.05) is 17.7 Å². The van der Waals surface area contributed by atoms with Gasteiger partial charge in [0.2, 0.25) is 11.8 Å². The molecule has 1 unspecified atom stereocenters. The molecule has 2 heterocycles. The van der Waals surface area contributed by atoms with E-state index in [2.05, 4.69) is 15.3 Å². The standard InChI is InChI=1S/C19H22N4O3/c1-11-5-7-15(8-6-11)23-10-14(9-16(23)24)18(25)22-17-12(2)20-19(26-4)21-13(17)3/h5-8,14H,9-10H2,1-4H3,(H,22,25). The van der Waals surface area contributed by atoms with Crippen LogP contribution in [0.15, 0.2) is 24.3 Å². The molecule has 7 nitrogen and oxygen atoms in total. The molecule has 1 saturated heterocycles. The quantitative estimate of drug-likeness (QED) is 0.911. The van der Waals surface area contributed by atoms with E-state index in [1.165, 1.54) is 7.11 Å². The highest BCUT2D eigenvalue weighted by atomic mass is 16.5. The number of hydrogen-bond donors (Lipinski definition) is 1. The number of nitrogens with zero attached hydrogens (tertiary/aromatic N) is 3. The van der Waals surface area contributed by atoms with E-state index >= 15 is 0 Å². The molecule has 0 spiro atoms. The van der Waals surface area contributed by atoms with Gasteiger partial charge in [0.05, 0.1) is 30.1 Å². The van der Waals surface area contributed by atoms with Crippen LogP contribution in [0.1, 0.15) is 23.4 Å². The Morgan fingerprint density at radius 3 is 2.35 bits per heavy atom. The summed E-state index contributed by atoms with van der Waals surface area (Å²) in [6.07, 6.45) is 0.189. The predicted molar refractivity (Wildman–Crippen MR) is 98.3 cm³/mol. The Labute approximate surface area is 152 Å². The number of benzene rings is 1. The first-order valence-electron chi connectivity index (χ1n) is 8.46. The SMILES string of the molecule is COc1nc(C)c(NC(=O)C2CC(=O)N(c3ccc(C)cc3)C2)c(C)n1. The Balaban J connectivity index is 1.73. The zero-order valence-electron chi connectivity index (χ0n) is 15.4. The van der Waals surface area contributed by atoms with E-state index < -0.39 is 5.92 Å². The second kappa shape index (κ2) is 7.11. The van der Waals surface area contributed by atoms with Crippen molar-refractivity contribution in [1.29, 1.82) is 0 Å². The van der Waals surface area contributed by atoms with E-state index in [1.54, 1.807) is 18.7 Å². The number of nitrogens with one attached hydrogen (secondary N) is 1. The van der Waals surface area contributed by atoms with E-state index in [9.17, 15) is 9.59 Å². The van der Waals surface area contributed by atoms with E-state index in [0.29, 0.717) is 23.6 Å². The number of rotatable bonds is 4. The number of carbonyl (C=O) groups excluding carboxylic acids is 2. The Bertz CT molecular complexity index is 825. The van der Waals surface area contributed by atoms with Crippen molar-refractivity contribution in [3.05, 3.63) is 41.2 Å². The Hall–Kier alpha value is -2.96. The summed E-state index contributed by atoms with van der Waals surface area (Å²) in [6.45, 7) is 5.92. The van der Waals surface area contributed by atoms with E-state index in [1.807, 2.05) is 31.2 Å². The van der Waals surface area contributed by atoms with E-state index in [0.717, 1.165) is 11.3 Å². The van der Waals surface area contributed by atoms with Crippen LogP contribution in [0.2, 0.25) is 0 Å². The fourth-order valence-electron chi connectivity index (χ4n) is 3.04. The van der Waals surface area contributed by atoms with Crippen molar-refractivity contribution in [2.45, 2.75) is 27.2 Å². The fraction of sp³-hybridized carbons (Fsp3) is 0.368. The number of aryl methyl sites for hydroxylation is 3. The zero-order chi connectivity index (χ0) is 18.8. The first-order valence-corrected chi connectivity index (χ1v) is 8.46. The van der Waals surface area contributed by atoms with Gasteiger partial charge in [-0.25, -0.2) is 0 Å². The molecule has 26 heavy (non-hydrogen) atoms. The summed E-state index contributed by atoms with van der Waals surface area (Å²) in [7, 11) is 1.50. The number of hydrogen-bond acceptors (Lipinski definition) is 5. The molecule has 7 heteroatoms. The third-order valence-electron chi connectivity index (χ3n) is 4.52. The molecule has 1 atom stereocenters. The van der Waals surface area contributed by atoms with E-state index in [-0.39, 0.29) is 24.2 Å². The maximum absolute atomic E-state index is 12.7. The van der Waals surface area contributed by atoms with Crippen molar-refractivity contribution < 1.29 is 14.3 Å². The number of amides is 2.